The van der Waals surface area contributed by atoms with Gasteiger partial charge in [-0.15, -0.1) is 0 Å². The fourth-order valence-electron chi connectivity index (χ4n) is 9.78. The molecule has 4 aliphatic rings. The molecule has 3 fully saturated rings. The molecule has 9 rings (SSSR count). The van der Waals surface area contributed by atoms with Crippen molar-refractivity contribution in [1.82, 2.24) is 40.5 Å². The van der Waals surface area contributed by atoms with E-state index < -0.39 is 12.1 Å². The quantitative estimate of drug-likeness (QED) is 0.121. The van der Waals surface area contributed by atoms with Crippen LogP contribution in [0, 0.1) is 23.7 Å². The number of ether oxygens (including phenoxy) is 1. The summed E-state index contributed by atoms with van der Waals surface area (Å²) < 4.78 is 4.77. The lowest BCUT2D eigenvalue weighted by molar-refractivity contribution is -0.135. The molecule has 0 radical (unpaired) electrons. The summed E-state index contributed by atoms with van der Waals surface area (Å²) in [5.41, 5.74) is 7.24. The number of carbonyl (C=O) groups is 4. The first kappa shape index (κ1) is 36.5. The van der Waals surface area contributed by atoms with Crippen molar-refractivity contribution in [2.75, 3.05) is 13.7 Å². The van der Waals surface area contributed by atoms with E-state index in [9.17, 15) is 19.2 Å². The molecule has 1 aliphatic heterocycles. The Morgan fingerprint density at radius 2 is 1.56 bits per heavy atom. The van der Waals surface area contributed by atoms with Gasteiger partial charge in [0.05, 0.1) is 42.9 Å². The number of imidazole rings is 2. The van der Waals surface area contributed by atoms with Gasteiger partial charge >= 0.3 is 6.09 Å². The number of pyridine rings is 1. The second-order valence-electron chi connectivity index (χ2n) is 16.2. The van der Waals surface area contributed by atoms with Gasteiger partial charge in [-0.3, -0.25) is 19.4 Å². The van der Waals surface area contributed by atoms with Crippen LogP contribution in [-0.4, -0.2) is 73.2 Å². The van der Waals surface area contributed by atoms with E-state index in [2.05, 4.69) is 30.6 Å². The summed E-state index contributed by atoms with van der Waals surface area (Å²) in [5, 5.41) is 5.85. The molecule has 2 aromatic carbocycles. The molecule has 2 saturated carbocycles. The second-order valence-corrected chi connectivity index (χ2v) is 16.2. The van der Waals surface area contributed by atoms with Crippen molar-refractivity contribution < 1.29 is 23.9 Å². The van der Waals surface area contributed by atoms with Gasteiger partial charge in [-0.05, 0) is 84.7 Å². The zero-order valence-corrected chi connectivity index (χ0v) is 32.2. The van der Waals surface area contributed by atoms with Crippen LogP contribution < -0.4 is 10.6 Å². The Balaban J connectivity index is 0.911. The number of rotatable bonds is 10. The Bertz CT molecular complexity index is 2370. The highest BCUT2D eigenvalue weighted by atomic mass is 16.5. The first-order valence-corrected chi connectivity index (χ1v) is 19.9. The molecule has 4 heterocycles. The van der Waals surface area contributed by atoms with Crippen LogP contribution in [0.2, 0.25) is 0 Å². The fourth-order valence-corrected chi connectivity index (χ4v) is 9.78. The van der Waals surface area contributed by atoms with Crippen molar-refractivity contribution in [1.29, 1.82) is 0 Å². The van der Waals surface area contributed by atoms with Crippen LogP contribution in [0.4, 0.5) is 4.79 Å². The first-order valence-electron chi connectivity index (χ1n) is 19.9. The largest absolute Gasteiger partial charge is 0.453 e. The number of nitrogens with one attached hydrogen (secondary N) is 4. The maximum absolute atomic E-state index is 14.0. The Morgan fingerprint density at radius 1 is 0.877 bits per heavy atom. The third-order valence-electron chi connectivity index (χ3n) is 12.6. The molecule has 5 aromatic rings. The molecule has 13 heteroatoms. The molecule has 1 saturated heterocycles. The van der Waals surface area contributed by atoms with E-state index in [0.29, 0.717) is 41.9 Å². The van der Waals surface area contributed by atoms with Crippen LogP contribution in [-0.2, 0) is 20.9 Å². The summed E-state index contributed by atoms with van der Waals surface area (Å²) in [5.74, 6) is 1.86. The second kappa shape index (κ2) is 14.8. The minimum atomic E-state index is -0.718. The number of aromatic amines is 2. The van der Waals surface area contributed by atoms with Crippen molar-refractivity contribution >= 4 is 23.7 Å². The number of aromatic nitrogens is 5. The van der Waals surface area contributed by atoms with Crippen molar-refractivity contribution in [2.24, 2.45) is 23.7 Å². The van der Waals surface area contributed by atoms with Gasteiger partial charge < -0.3 is 30.2 Å². The summed E-state index contributed by atoms with van der Waals surface area (Å²) in [6.45, 7) is 4.79. The maximum Gasteiger partial charge on any atom is 0.407 e. The van der Waals surface area contributed by atoms with Gasteiger partial charge in [0.1, 0.15) is 17.7 Å². The van der Waals surface area contributed by atoms with Gasteiger partial charge in [-0.25, -0.2) is 14.8 Å². The lowest BCUT2D eigenvalue weighted by Crippen LogP contribution is -2.51. The van der Waals surface area contributed by atoms with Crippen LogP contribution >= 0.6 is 0 Å². The van der Waals surface area contributed by atoms with Crippen molar-refractivity contribution in [3.8, 4) is 33.6 Å². The highest BCUT2D eigenvalue weighted by Gasteiger charge is 2.52. The van der Waals surface area contributed by atoms with Crippen LogP contribution in [0.15, 0.2) is 73.3 Å². The lowest BCUT2D eigenvalue weighted by atomic mass is 9.78. The molecular formula is C44H46N8O5. The van der Waals surface area contributed by atoms with Gasteiger partial charge in [-0.1, -0.05) is 44.2 Å². The lowest BCUT2D eigenvalue weighted by Gasteiger charge is -2.30. The zero-order valence-electron chi connectivity index (χ0n) is 32.2. The van der Waals surface area contributed by atoms with E-state index in [1.165, 1.54) is 7.11 Å². The van der Waals surface area contributed by atoms with Gasteiger partial charge in [0, 0.05) is 53.7 Å². The van der Waals surface area contributed by atoms with Crippen LogP contribution in [0.5, 0.6) is 0 Å². The Kier molecular flexibility index (Phi) is 9.46. The van der Waals surface area contributed by atoms with E-state index in [1.54, 1.807) is 23.5 Å². The summed E-state index contributed by atoms with van der Waals surface area (Å²) in [4.78, 5) is 75.7. The number of fused-ring (bicyclic) bond motifs is 5. The normalized spacial score (nSPS) is 22.4. The minimum absolute atomic E-state index is 0.0193. The van der Waals surface area contributed by atoms with Crippen molar-refractivity contribution in [3.05, 3.63) is 102 Å². The monoisotopic (exact) mass is 766 g/mol. The molecule has 4 N–H and O–H groups in total. The molecule has 3 amide bonds. The van der Waals surface area contributed by atoms with E-state index in [1.807, 2.05) is 68.6 Å². The van der Waals surface area contributed by atoms with Crippen LogP contribution in [0.25, 0.3) is 33.6 Å². The van der Waals surface area contributed by atoms with E-state index >= 15 is 0 Å². The van der Waals surface area contributed by atoms with Crippen molar-refractivity contribution in [2.45, 2.75) is 70.5 Å². The van der Waals surface area contributed by atoms with Crippen molar-refractivity contribution in [3.63, 3.8) is 0 Å². The minimum Gasteiger partial charge on any atom is -0.453 e. The van der Waals surface area contributed by atoms with Crippen LogP contribution in [0.3, 0.4) is 0 Å². The number of nitrogens with zero attached hydrogens (tertiary/aromatic N) is 4. The molecule has 2 bridgehead atoms. The predicted molar refractivity (Wildman–Crippen MR) is 211 cm³/mol. The number of likely N-dealkylation sites (tertiary alicyclic amines) is 1. The van der Waals surface area contributed by atoms with Gasteiger partial charge in [0.15, 0.2) is 5.78 Å². The molecule has 3 aliphatic carbocycles. The number of methoxy groups -OCH3 is 1. The number of alkyl carbamates (subject to hydrolysis) is 1. The number of carbonyl (C=O) groups excluding carboxylic acids is 4. The summed E-state index contributed by atoms with van der Waals surface area (Å²) in [6, 6.07) is 14.7. The summed E-state index contributed by atoms with van der Waals surface area (Å²) >= 11 is 0. The Morgan fingerprint density at radius 3 is 2.23 bits per heavy atom. The third kappa shape index (κ3) is 6.58. The molecule has 57 heavy (non-hydrogen) atoms. The number of amides is 3. The van der Waals surface area contributed by atoms with E-state index in [-0.39, 0.29) is 41.4 Å². The number of hydrogen-bond donors (Lipinski definition) is 4. The molecule has 2 unspecified atom stereocenters. The zero-order chi connectivity index (χ0) is 39.4. The molecular weight excluding hydrogens is 721 g/mol. The summed E-state index contributed by atoms with van der Waals surface area (Å²) in [6.07, 6.45) is 11.2. The average molecular weight is 767 g/mol. The molecule has 3 aromatic heterocycles. The SMILES string of the molecule is COC(=O)N[C@H](C(=O)N1CCC[C@H]1c1ncc(-c2ccc3c(c2)C(=O)c2cc(-c4cnc([C@@H]5C6CCC(C6)[C@H]5C(=O)NCc5cccnc5)[nH]4)ccc2-3)[nH]1)C(C)C. The van der Waals surface area contributed by atoms with E-state index in [0.717, 1.165) is 77.1 Å². The van der Waals surface area contributed by atoms with Crippen LogP contribution in [0.1, 0.15) is 91.0 Å². The Labute approximate surface area is 330 Å². The number of benzene rings is 2. The number of ketones is 1. The smallest absolute Gasteiger partial charge is 0.407 e. The van der Waals surface area contributed by atoms with Gasteiger partial charge in [0.2, 0.25) is 11.8 Å². The van der Waals surface area contributed by atoms with Gasteiger partial charge in [0.25, 0.3) is 0 Å². The molecule has 13 nitrogen and oxygen atoms in total. The maximum atomic E-state index is 14.0. The Hall–Kier alpha value is -6.11. The topological polar surface area (TPSA) is 175 Å². The highest BCUT2D eigenvalue weighted by molar-refractivity contribution is 6.22. The highest BCUT2D eigenvalue weighted by Crippen LogP contribution is 2.56. The molecule has 6 atom stereocenters. The number of H-pyrrole nitrogens is 2. The molecule has 292 valence electrons. The average Bonchev–Trinajstić information content (AvgIpc) is 4.10. The fraction of sp³-hybridized carbons (Fsp3) is 0.386. The third-order valence-corrected chi connectivity index (χ3v) is 12.6. The molecule has 0 spiro atoms. The standard InChI is InChI=1S/C44H46N8O5/c1-23(2)38(51-44(56)57-3)43(55)52-15-5-7-35(52)40-46-21-33(49-40)25-10-12-29-30-13-11-26(18-32(30)39(53)31(29)17-25)34-22-47-41(50-34)36-27-8-9-28(16-27)37(36)42(54)48-20-24-6-4-14-45-19-24/h4,6,10-14,17-19,21-23,27-28,35-38H,5,7-9,15-16,20H2,1-3H3,(H,46,49)(H,47,50)(H,48,54)(H,51,56)/t27?,28?,35-,36+,37+,38-/m0/s1. The van der Waals surface area contributed by atoms with Gasteiger partial charge in [-0.2, -0.15) is 0 Å². The first-order chi connectivity index (χ1) is 27.7. The van der Waals surface area contributed by atoms with E-state index in [4.69, 9.17) is 9.72 Å². The summed E-state index contributed by atoms with van der Waals surface area (Å²) in [7, 11) is 1.28. The predicted octanol–water partition coefficient (Wildman–Crippen LogP) is 6.56. The number of hydrogen-bond acceptors (Lipinski definition) is 8.